The Morgan fingerprint density at radius 2 is 2.18 bits per heavy atom. The third-order valence-electron chi connectivity index (χ3n) is 2.03. The summed E-state index contributed by atoms with van der Waals surface area (Å²) in [6.07, 6.45) is 1.80. The van der Waals surface area contributed by atoms with E-state index in [2.05, 4.69) is 4.74 Å². The summed E-state index contributed by atoms with van der Waals surface area (Å²) in [5.74, 6) is 0.323. The van der Waals surface area contributed by atoms with Gasteiger partial charge in [-0.2, -0.15) is 0 Å². The van der Waals surface area contributed by atoms with Crippen molar-refractivity contribution in [2.75, 3.05) is 12.9 Å². The molecule has 1 aromatic carbocycles. The van der Waals surface area contributed by atoms with Crippen LogP contribution >= 0.6 is 35.0 Å². The summed E-state index contributed by atoms with van der Waals surface area (Å²) < 4.78 is 4.59. The second-order valence-corrected chi connectivity index (χ2v) is 5.17. The Balaban J connectivity index is 2.62. The van der Waals surface area contributed by atoms with E-state index in [9.17, 15) is 4.79 Å². The lowest BCUT2D eigenvalue weighted by atomic mass is 10.3. The maximum atomic E-state index is 11.1. The minimum Gasteiger partial charge on any atom is -0.466 e. The predicted octanol–water partition coefficient (Wildman–Crippen LogP) is 4.20. The molecule has 0 amide bonds. The minimum absolute atomic E-state index is 0.317. The Kier molecular flexibility index (Phi) is 5.89. The van der Waals surface area contributed by atoms with Crippen molar-refractivity contribution in [3.8, 4) is 0 Å². The van der Waals surface area contributed by atoms with Gasteiger partial charge in [-0.05, 0) is 25.1 Å². The quantitative estimate of drug-likeness (QED) is 0.472. The molecule has 0 aromatic heterocycles. The van der Waals surface area contributed by atoms with Gasteiger partial charge < -0.3 is 4.74 Å². The summed E-state index contributed by atoms with van der Waals surface area (Å²) in [6, 6.07) is 5.29. The zero-order chi connectivity index (χ0) is 12.8. The molecule has 0 radical (unpaired) electrons. The van der Waals surface area contributed by atoms with Crippen LogP contribution in [-0.2, 0) is 9.53 Å². The van der Waals surface area contributed by atoms with Crippen LogP contribution in [0.2, 0.25) is 10.0 Å². The van der Waals surface area contributed by atoms with E-state index in [1.165, 1.54) is 18.9 Å². The second kappa shape index (κ2) is 6.94. The van der Waals surface area contributed by atoms with Crippen molar-refractivity contribution in [2.45, 2.75) is 11.8 Å². The molecule has 0 aliphatic rings. The standard InChI is InChI=1S/C12H12Cl2O2S/c1-8(12(15)16-2)5-6-17-11-7-9(13)3-4-10(11)14/h3-5,7H,6H2,1-2H3. The number of benzene rings is 1. The number of ether oxygens (including phenoxy) is 1. The highest BCUT2D eigenvalue weighted by Crippen LogP contribution is 2.29. The summed E-state index contributed by atoms with van der Waals surface area (Å²) in [6.45, 7) is 1.71. The van der Waals surface area contributed by atoms with Gasteiger partial charge in [-0.15, -0.1) is 11.8 Å². The maximum absolute atomic E-state index is 11.1. The Labute approximate surface area is 115 Å². The van der Waals surface area contributed by atoms with Crippen molar-refractivity contribution in [3.63, 3.8) is 0 Å². The molecule has 1 aromatic rings. The van der Waals surface area contributed by atoms with Gasteiger partial charge in [0.1, 0.15) is 0 Å². The summed E-state index contributed by atoms with van der Waals surface area (Å²) in [5.41, 5.74) is 0.582. The van der Waals surface area contributed by atoms with E-state index in [1.807, 2.05) is 0 Å². The van der Waals surface area contributed by atoms with Gasteiger partial charge in [0.15, 0.2) is 0 Å². The van der Waals surface area contributed by atoms with E-state index in [-0.39, 0.29) is 5.97 Å². The van der Waals surface area contributed by atoms with Crippen molar-refractivity contribution >= 4 is 40.9 Å². The summed E-state index contributed by atoms with van der Waals surface area (Å²) in [7, 11) is 1.36. The first kappa shape index (κ1) is 14.4. The largest absolute Gasteiger partial charge is 0.466 e. The highest BCUT2D eigenvalue weighted by Gasteiger charge is 2.04. The molecule has 1 rings (SSSR count). The predicted molar refractivity (Wildman–Crippen MR) is 73.0 cm³/mol. The number of esters is 1. The van der Waals surface area contributed by atoms with Gasteiger partial charge in [-0.25, -0.2) is 4.79 Å². The van der Waals surface area contributed by atoms with E-state index in [4.69, 9.17) is 23.2 Å². The molecule has 0 saturated carbocycles. The number of carbonyl (C=O) groups excluding carboxylic acids is 1. The lowest BCUT2D eigenvalue weighted by Gasteiger charge is -2.03. The van der Waals surface area contributed by atoms with Gasteiger partial charge in [0.05, 0.1) is 12.1 Å². The van der Waals surface area contributed by atoms with Crippen molar-refractivity contribution in [1.82, 2.24) is 0 Å². The molecule has 0 atom stereocenters. The highest BCUT2D eigenvalue weighted by atomic mass is 35.5. The van der Waals surface area contributed by atoms with Crippen LogP contribution in [0, 0.1) is 0 Å². The van der Waals surface area contributed by atoms with Crippen LogP contribution in [0.4, 0.5) is 0 Å². The Morgan fingerprint density at radius 1 is 1.47 bits per heavy atom. The number of halogens is 2. The molecule has 0 saturated heterocycles. The first-order valence-electron chi connectivity index (χ1n) is 4.87. The molecule has 0 heterocycles. The summed E-state index contributed by atoms with van der Waals surface area (Å²) in [4.78, 5) is 12.0. The van der Waals surface area contributed by atoms with Crippen LogP contribution in [0.15, 0.2) is 34.7 Å². The number of methoxy groups -OCH3 is 1. The van der Waals surface area contributed by atoms with Crippen LogP contribution in [0.25, 0.3) is 0 Å². The Bertz CT molecular complexity index is 444. The smallest absolute Gasteiger partial charge is 0.333 e. The van der Waals surface area contributed by atoms with Crippen molar-refractivity contribution in [3.05, 3.63) is 39.9 Å². The topological polar surface area (TPSA) is 26.3 Å². The van der Waals surface area contributed by atoms with Gasteiger partial charge in [0, 0.05) is 21.2 Å². The molecule has 5 heteroatoms. The first-order chi connectivity index (χ1) is 8.04. The molecule has 17 heavy (non-hydrogen) atoms. The first-order valence-corrected chi connectivity index (χ1v) is 6.61. The van der Waals surface area contributed by atoms with E-state index >= 15 is 0 Å². The molecule has 0 bridgehead atoms. The number of rotatable bonds is 4. The number of hydrogen-bond donors (Lipinski definition) is 0. The Hall–Kier alpha value is -0.640. The fourth-order valence-electron chi connectivity index (χ4n) is 1.09. The van der Waals surface area contributed by atoms with Gasteiger partial charge in [0.25, 0.3) is 0 Å². The molecule has 0 N–H and O–H groups in total. The third-order valence-corrected chi connectivity index (χ3v) is 3.69. The molecule has 2 nitrogen and oxygen atoms in total. The molecule has 0 unspecified atom stereocenters. The Morgan fingerprint density at radius 3 is 2.82 bits per heavy atom. The van der Waals surface area contributed by atoms with Crippen LogP contribution < -0.4 is 0 Å². The second-order valence-electron chi connectivity index (χ2n) is 3.26. The average molecular weight is 291 g/mol. The van der Waals surface area contributed by atoms with E-state index < -0.39 is 0 Å². The lowest BCUT2D eigenvalue weighted by molar-refractivity contribution is -0.136. The molecule has 0 aliphatic heterocycles. The van der Waals surface area contributed by atoms with Crippen molar-refractivity contribution in [1.29, 1.82) is 0 Å². The highest BCUT2D eigenvalue weighted by molar-refractivity contribution is 7.99. The zero-order valence-electron chi connectivity index (χ0n) is 9.50. The van der Waals surface area contributed by atoms with Gasteiger partial charge in [-0.3, -0.25) is 0 Å². The molecule has 92 valence electrons. The monoisotopic (exact) mass is 290 g/mol. The number of carbonyl (C=O) groups is 1. The number of hydrogen-bond acceptors (Lipinski definition) is 3. The van der Waals surface area contributed by atoms with E-state index in [0.717, 1.165) is 4.90 Å². The SMILES string of the molecule is COC(=O)C(C)=CCSc1cc(Cl)ccc1Cl. The summed E-state index contributed by atoms with van der Waals surface area (Å²) >= 11 is 13.4. The minimum atomic E-state index is -0.317. The maximum Gasteiger partial charge on any atom is 0.333 e. The molecule has 0 spiro atoms. The van der Waals surface area contributed by atoms with Crippen LogP contribution in [0.5, 0.6) is 0 Å². The third kappa shape index (κ3) is 4.62. The van der Waals surface area contributed by atoms with Gasteiger partial charge >= 0.3 is 5.97 Å². The average Bonchev–Trinajstić information content (AvgIpc) is 2.32. The molecule has 0 fully saturated rings. The van der Waals surface area contributed by atoms with Crippen LogP contribution in [0.1, 0.15) is 6.92 Å². The number of thioether (sulfide) groups is 1. The zero-order valence-corrected chi connectivity index (χ0v) is 11.8. The van der Waals surface area contributed by atoms with Crippen molar-refractivity contribution in [2.24, 2.45) is 0 Å². The fraction of sp³-hybridized carbons (Fsp3) is 0.250. The molecular formula is C12H12Cl2O2S. The fourth-order valence-corrected chi connectivity index (χ4v) is 2.54. The normalized spacial score (nSPS) is 11.4. The van der Waals surface area contributed by atoms with Crippen LogP contribution in [-0.4, -0.2) is 18.8 Å². The van der Waals surface area contributed by atoms with Crippen LogP contribution in [0.3, 0.4) is 0 Å². The summed E-state index contributed by atoms with van der Waals surface area (Å²) in [5, 5.41) is 1.30. The van der Waals surface area contributed by atoms with Gasteiger partial charge in [0.2, 0.25) is 0 Å². The lowest BCUT2D eigenvalue weighted by Crippen LogP contribution is -2.01. The molecule has 0 aliphatic carbocycles. The van der Waals surface area contributed by atoms with E-state index in [0.29, 0.717) is 21.4 Å². The molecular weight excluding hydrogens is 279 g/mol. The van der Waals surface area contributed by atoms with E-state index in [1.54, 1.807) is 31.2 Å². The van der Waals surface area contributed by atoms with Crippen molar-refractivity contribution < 1.29 is 9.53 Å². The van der Waals surface area contributed by atoms with Gasteiger partial charge in [-0.1, -0.05) is 29.3 Å².